The highest BCUT2D eigenvalue weighted by Gasteiger charge is 2.43. The fourth-order valence-corrected chi connectivity index (χ4v) is 6.86. The number of hydrogen-bond donors (Lipinski definition) is 4. The lowest BCUT2D eigenvalue weighted by Gasteiger charge is -2.44. The number of hydrogen-bond acceptors (Lipinski definition) is 7. The highest BCUT2D eigenvalue weighted by atomic mass is 127. The van der Waals surface area contributed by atoms with E-state index in [1.807, 2.05) is 4.90 Å². The summed E-state index contributed by atoms with van der Waals surface area (Å²) < 4.78 is 12.6. The molecule has 1 saturated carbocycles. The first-order valence-corrected chi connectivity index (χ1v) is 16.6. The number of nitrogens with one attached hydrogen (secondary N) is 1. The lowest BCUT2D eigenvalue weighted by atomic mass is 9.86. The summed E-state index contributed by atoms with van der Waals surface area (Å²) in [6.07, 6.45) is 11.5. The van der Waals surface area contributed by atoms with Crippen LogP contribution in [0, 0.1) is 3.57 Å². The molecule has 3 rings (SSSR count). The molecule has 1 aromatic rings. The topological polar surface area (TPSA) is 129 Å². The van der Waals surface area contributed by atoms with Crippen LogP contribution in [0.3, 0.4) is 0 Å². The Kier molecular flexibility index (Phi) is 14.9. The molecule has 2 aliphatic carbocycles. The van der Waals surface area contributed by atoms with Gasteiger partial charge in [-0.3, -0.25) is 9.59 Å². The number of rotatable bonds is 15. The van der Waals surface area contributed by atoms with Crippen LogP contribution < -0.4 is 14.8 Å². The van der Waals surface area contributed by atoms with Crippen molar-refractivity contribution in [2.45, 2.75) is 121 Å². The normalized spacial score (nSPS) is 21.3. The molecule has 9 nitrogen and oxygen atoms in total. The molecule has 0 bridgehead atoms. The molecule has 10 heteroatoms. The third kappa shape index (κ3) is 9.56. The molecule has 3 atom stereocenters. The van der Waals surface area contributed by atoms with Gasteiger partial charge in [-0.2, -0.15) is 0 Å². The van der Waals surface area contributed by atoms with E-state index >= 15 is 0 Å². The Morgan fingerprint density at radius 3 is 2.43 bits per heavy atom. The minimum atomic E-state index is -1.08. The summed E-state index contributed by atoms with van der Waals surface area (Å²) in [4.78, 5) is 29.0. The van der Waals surface area contributed by atoms with E-state index in [1.54, 1.807) is 18.2 Å². The Labute approximate surface area is 264 Å². The van der Waals surface area contributed by atoms with Gasteiger partial charge in [0.05, 0.1) is 29.9 Å². The van der Waals surface area contributed by atoms with Crippen LogP contribution in [0.5, 0.6) is 11.5 Å². The fraction of sp³-hybridized carbons (Fsp3) is 0.688. The smallest absolute Gasteiger partial charge is 0.247 e. The van der Waals surface area contributed by atoms with E-state index in [4.69, 9.17) is 9.47 Å². The Hall–Kier alpha value is -1.89. The average Bonchev–Trinajstić information content (AvgIpc) is 3.27. The van der Waals surface area contributed by atoms with Crippen LogP contribution in [0.15, 0.2) is 23.8 Å². The van der Waals surface area contributed by atoms with Crippen LogP contribution in [0.2, 0.25) is 0 Å². The molecule has 236 valence electrons. The van der Waals surface area contributed by atoms with Gasteiger partial charge in [0.15, 0.2) is 11.5 Å². The number of amides is 2. The second-order valence-electron chi connectivity index (χ2n) is 11.4. The molecular weight excluding hydrogens is 651 g/mol. The zero-order valence-corrected chi connectivity index (χ0v) is 27.3. The van der Waals surface area contributed by atoms with Gasteiger partial charge >= 0.3 is 0 Å². The zero-order chi connectivity index (χ0) is 30.5. The minimum Gasteiger partial charge on any atom is -0.493 e. The summed E-state index contributed by atoms with van der Waals surface area (Å²) in [6, 6.07) is 2.82. The highest BCUT2D eigenvalue weighted by molar-refractivity contribution is 14.1. The van der Waals surface area contributed by atoms with Crippen molar-refractivity contribution in [2.75, 3.05) is 20.3 Å². The standard InChI is InChI=1S/C32H49IN2O7/c1-3-4-5-6-11-14-29(38)35(24-12-9-7-8-10-13-24)26-19-23(32(40)34-15-16-36)20-27(30(26)39)42-31-25(33)17-22(21-37)18-28(31)41-2/h17-18,20,24,26-27,30,36-37,39H,3-16,19,21H2,1-2H3,(H,34,40). The quantitative estimate of drug-likeness (QED) is 0.120. The third-order valence-electron chi connectivity index (χ3n) is 8.30. The number of aliphatic hydroxyl groups excluding tert-OH is 3. The molecule has 0 saturated heterocycles. The summed E-state index contributed by atoms with van der Waals surface area (Å²) in [7, 11) is 1.51. The average molecular weight is 701 g/mol. The van der Waals surface area contributed by atoms with E-state index in [9.17, 15) is 24.9 Å². The molecule has 0 heterocycles. The number of methoxy groups -OCH3 is 1. The molecule has 4 N–H and O–H groups in total. The lowest BCUT2D eigenvalue weighted by molar-refractivity contribution is -0.142. The Morgan fingerprint density at radius 2 is 1.79 bits per heavy atom. The molecule has 2 aliphatic rings. The first-order chi connectivity index (χ1) is 20.3. The van der Waals surface area contributed by atoms with Crippen molar-refractivity contribution in [3.63, 3.8) is 0 Å². The molecule has 0 aliphatic heterocycles. The number of aliphatic hydroxyl groups is 3. The van der Waals surface area contributed by atoms with Crippen molar-refractivity contribution in [3.05, 3.63) is 32.9 Å². The lowest BCUT2D eigenvalue weighted by Crippen LogP contribution is -2.58. The van der Waals surface area contributed by atoms with Gasteiger partial charge in [0, 0.05) is 31.0 Å². The number of nitrogens with zero attached hydrogens (tertiary/aromatic N) is 1. The maximum Gasteiger partial charge on any atom is 0.247 e. The molecular formula is C32H49IN2O7. The van der Waals surface area contributed by atoms with E-state index in [0.29, 0.717) is 32.6 Å². The minimum absolute atomic E-state index is 0.00527. The van der Waals surface area contributed by atoms with E-state index in [2.05, 4.69) is 34.8 Å². The number of benzene rings is 1. The molecule has 0 aromatic heterocycles. The van der Waals surface area contributed by atoms with Crippen LogP contribution in [0.25, 0.3) is 0 Å². The second kappa shape index (κ2) is 18.0. The molecule has 42 heavy (non-hydrogen) atoms. The van der Waals surface area contributed by atoms with Gasteiger partial charge in [0.2, 0.25) is 11.8 Å². The van der Waals surface area contributed by atoms with Gasteiger partial charge in [-0.1, -0.05) is 58.3 Å². The summed E-state index contributed by atoms with van der Waals surface area (Å²) >= 11 is 2.10. The predicted octanol–water partition coefficient (Wildman–Crippen LogP) is 4.62. The first kappa shape index (κ1) is 34.6. The maximum absolute atomic E-state index is 13.9. The van der Waals surface area contributed by atoms with Gasteiger partial charge in [-0.15, -0.1) is 0 Å². The van der Waals surface area contributed by atoms with E-state index in [1.165, 1.54) is 7.11 Å². The number of carbonyl (C=O) groups is 2. The summed E-state index contributed by atoms with van der Waals surface area (Å²) in [6.45, 7) is 1.92. The third-order valence-corrected chi connectivity index (χ3v) is 9.10. The predicted molar refractivity (Wildman–Crippen MR) is 170 cm³/mol. The van der Waals surface area contributed by atoms with Gasteiger partial charge in [-0.25, -0.2) is 0 Å². The van der Waals surface area contributed by atoms with E-state index < -0.39 is 18.2 Å². The number of halogens is 1. The molecule has 3 unspecified atom stereocenters. The van der Waals surface area contributed by atoms with Gasteiger partial charge in [-0.05, 0) is 65.6 Å². The summed E-state index contributed by atoms with van der Waals surface area (Å²) in [5.74, 6) is 0.482. The van der Waals surface area contributed by atoms with Crippen LogP contribution >= 0.6 is 22.6 Å². The molecule has 1 aromatic carbocycles. The van der Waals surface area contributed by atoms with Crippen molar-refractivity contribution in [1.82, 2.24) is 10.2 Å². The largest absolute Gasteiger partial charge is 0.493 e. The van der Waals surface area contributed by atoms with Gasteiger partial charge in [0.25, 0.3) is 0 Å². The highest BCUT2D eigenvalue weighted by Crippen LogP contribution is 2.38. The number of ether oxygens (including phenoxy) is 2. The number of carbonyl (C=O) groups excluding carboxylic acids is 2. The monoisotopic (exact) mass is 700 g/mol. The zero-order valence-electron chi connectivity index (χ0n) is 25.2. The first-order valence-electron chi connectivity index (χ1n) is 15.6. The van der Waals surface area contributed by atoms with Gasteiger partial charge < -0.3 is 35.0 Å². The van der Waals surface area contributed by atoms with Crippen LogP contribution in [-0.2, 0) is 16.2 Å². The van der Waals surface area contributed by atoms with Crippen molar-refractivity contribution in [1.29, 1.82) is 0 Å². The second-order valence-corrected chi connectivity index (χ2v) is 12.6. The Bertz CT molecular complexity index is 1040. The van der Waals surface area contributed by atoms with E-state index in [0.717, 1.165) is 70.6 Å². The van der Waals surface area contributed by atoms with Crippen molar-refractivity contribution in [3.8, 4) is 11.5 Å². The molecule has 1 fully saturated rings. The van der Waals surface area contributed by atoms with Crippen LogP contribution in [0.1, 0.15) is 96.0 Å². The van der Waals surface area contributed by atoms with Crippen molar-refractivity contribution < 1.29 is 34.4 Å². The van der Waals surface area contributed by atoms with Crippen molar-refractivity contribution >= 4 is 34.4 Å². The van der Waals surface area contributed by atoms with E-state index in [-0.39, 0.29) is 44.0 Å². The Balaban J connectivity index is 1.97. The molecule has 0 radical (unpaired) electrons. The van der Waals surface area contributed by atoms with Crippen molar-refractivity contribution in [2.24, 2.45) is 0 Å². The van der Waals surface area contributed by atoms with Crippen LogP contribution in [-0.4, -0.2) is 76.6 Å². The van der Waals surface area contributed by atoms with Crippen LogP contribution in [0.4, 0.5) is 0 Å². The number of unbranched alkanes of at least 4 members (excludes halogenated alkanes) is 4. The SMILES string of the molecule is CCCCCCCC(=O)N(C1CCCCCC1)C1CC(C(=O)NCCO)=CC(Oc2c(I)cc(CO)cc2OC)C1O. The molecule has 2 amide bonds. The maximum atomic E-state index is 13.9. The Morgan fingerprint density at radius 1 is 1.07 bits per heavy atom. The fourth-order valence-electron chi connectivity index (χ4n) is 6.07. The van der Waals surface area contributed by atoms with Gasteiger partial charge in [0.1, 0.15) is 12.2 Å². The molecule has 0 spiro atoms. The summed E-state index contributed by atoms with van der Waals surface area (Å²) in [5, 5.41) is 33.5. The summed E-state index contributed by atoms with van der Waals surface area (Å²) in [5.41, 5.74) is 1.08.